The van der Waals surface area contributed by atoms with Gasteiger partial charge in [-0.1, -0.05) is 0 Å². The molecule has 0 saturated heterocycles. The highest BCUT2D eigenvalue weighted by atomic mass is 32.2. The van der Waals surface area contributed by atoms with Crippen LogP contribution in [0.3, 0.4) is 0 Å². The van der Waals surface area contributed by atoms with Crippen LogP contribution in [-0.2, 0) is 16.2 Å². The van der Waals surface area contributed by atoms with E-state index in [4.69, 9.17) is 18.4 Å². The van der Waals surface area contributed by atoms with Crippen LogP contribution in [0.15, 0.2) is 0 Å². The van der Waals surface area contributed by atoms with Crippen LogP contribution in [0.5, 0.6) is 0 Å². The van der Waals surface area contributed by atoms with Gasteiger partial charge < -0.3 is 10.6 Å². The zero-order valence-electron chi connectivity index (χ0n) is 6.00. The van der Waals surface area contributed by atoms with Crippen molar-refractivity contribution < 1.29 is 28.7 Å². The average Bonchev–Trinajstić information content (AvgIpc) is 1.63. The molecule has 0 fully saturated rings. The zero-order valence-corrected chi connectivity index (χ0v) is 8.53. The van der Waals surface area contributed by atoms with Crippen LogP contribution in [0, 0.1) is 0 Å². The number of carboxylic acids is 1. The van der Waals surface area contributed by atoms with E-state index in [1.165, 1.54) is 6.92 Å². The van der Waals surface area contributed by atoms with Gasteiger partial charge in [0.1, 0.15) is 0 Å². The first-order chi connectivity index (χ1) is 4.37. The Morgan fingerprint density at radius 1 is 1.50 bits per heavy atom. The molecule has 0 heterocycles. The predicted octanol–water partition coefficient (Wildman–Crippen LogP) is -0.106. The molecule has 0 aliphatic heterocycles. The van der Waals surface area contributed by atoms with Crippen molar-refractivity contribution in [2.24, 2.45) is 0 Å². The van der Waals surface area contributed by atoms with Gasteiger partial charge in [-0.3, -0.25) is 13.9 Å². The van der Waals surface area contributed by atoms with Crippen molar-refractivity contribution in [3.63, 3.8) is 0 Å². The first-order valence-electron chi connectivity index (χ1n) is 2.08. The lowest BCUT2D eigenvalue weighted by Crippen LogP contribution is -2.06. The summed E-state index contributed by atoms with van der Waals surface area (Å²) in [6.45, 7) is 1.51. The maximum atomic E-state index is 9.62. The fourth-order valence-corrected chi connectivity index (χ4v) is 0. The molecular weight excluding hydrogens is 228 g/mol. The van der Waals surface area contributed by atoms with Crippen LogP contribution in [0.25, 0.3) is 0 Å². The SMILES string of the molecule is CC(S)C(=O)O.O.O=S(O)O.[S]. The third-order valence-corrected chi connectivity index (χ3v) is 0.578. The number of carboxylic acid groups (broad SMARTS) is 1. The highest BCUT2D eigenvalue weighted by molar-refractivity contribution is 7.81. The van der Waals surface area contributed by atoms with E-state index >= 15 is 0 Å². The van der Waals surface area contributed by atoms with Gasteiger partial charge in [-0.2, -0.15) is 16.8 Å². The number of rotatable bonds is 1. The number of hydrogen-bond acceptors (Lipinski definition) is 3. The molecule has 12 heavy (non-hydrogen) atoms. The quantitative estimate of drug-likeness (QED) is 0.374. The van der Waals surface area contributed by atoms with Crippen molar-refractivity contribution in [1.82, 2.24) is 0 Å². The molecule has 6 nitrogen and oxygen atoms in total. The van der Waals surface area contributed by atoms with E-state index in [1.54, 1.807) is 0 Å². The molecule has 0 spiro atoms. The molecule has 1 unspecified atom stereocenters. The smallest absolute Gasteiger partial charge is 0.316 e. The number of aliphatic carboxylic acids is 1. The summed E-state index contributed by atoms with van der Waals surface area (Å²) >= 11 is 0.982. The Labute approximate surface area is 84.6 Å². The maximum absolute atomic E-state index is 9.62. The summed E-state index contributed by atoms with van der Waals surface area (Å²) < 4.78 is 22.8. The first kappa shape index (κ1) is 22.8. The largest absolute Gasteiger partial charge is 0.480 e. The molecule has 0 aromatic carbocycles. The lowest BCUT2D eigenvalue weighted by Gasteiger charge is -1.88. The topological polar surface area (TPSA) is 126 Å². The number of carbonyl (C=O) groups is 1. The lowest BCUT2D eigenvalue weighted by molar-refractivity contribution is -0.136. The number of thiol groups is 1. The average molecular weight is 238 g/mol. The van der Waals surface area contributed by atoms with Gasteiger partial charge in [0.2, 0.25) is 0 Å². The normalized spacial score (nSPS) is 9.75. The van der Waals surface area contributed by atoms with Crippen molar-refractivity contribution in [3.05, 3.63) is 0 Å². The summed E-state index contributed by atoms with van der Waals surface area (Å²) in [5.74, 6) is -0.877. The lowest BCUT2D eigenvalue weighted by atomic mass is 10.5. The van der Waals surface area contributed by atoms with Crippen LogP contribution in [0.2, 0.25) is 0 Å². The van der Waals surface area contributed by atoms with Gasteiger partial charge >= 0.3 is 5.97 Å². The van der Waals surface area contributed by atoms with E-state index in [-0.39, 0.29) is 19.0 Å². The van der Waals surface area contributed by atoms with Crippen molar-refractivity contribution in [2.75, 3.05) is 0 Å². The summed E-state index contributed by atoms with van der Waals surface area (Å²) in [6.07, 6.45) is 0. The molecule has 1 atom stereocenters. The van der Waals surface area contributed by atoms with Gasteiger partial charge in [0.25, 0.3) is 11.4 Å². The molecule has 0 amide bonds. The summed E-state index contributed by atoms with van der Waals surface area (Å²) in [5, 5.41) is 7.38. The summed E-state index contributed by atoms with van der Waals surface area (Å²) in [6, 6.07) is 0. The highest BCUT2D eigenvalue weighted by Gasteiger charge is 2.00. The Kier molecular flexibility index (Phi) is 26.1. The molecule has 0 saturated carbocycles. The van der Waals surface area contributed by atoms with Crippen LogP contribution in [0.4, 0.5) is 0 Å². The Bertz CT molecular complexity index is 121. The molecule has 0 aliphatic rings. The molecule has 9 heteroatoms. The number of hydrogen-bond donors (Lipinski definition) is 4. The molecule has 0 bridgehead atoms. The molecule has 0 aromatic rings. The Morgan fingerprint density at radius 2 is 1.58 bits per heavy atom. The second kappa shape index (κ2) is 13.8. The van der Waals surface area contributed by atoms with Crippen LogP contribution >= 0.6 is 26.1 Å². The summed E-state index contributed by atoms with van der Waals surface area (Å²) in [7, 11) is 0. The van der Waals surface area contributed by atoms with Crippen molar-refractivity contribution >= 4 is 43.5 Å². The van der Waals surface area contributed by atoms with E-state index in [0.717, 1.165) is 0 Å². The summed E-state index contributed by atoms with van der Waals surface area (Å²) in [4.78, 5) is 9.62. The van der Waals surface area contributed by atoms with Gasteiger partial charge in [0, 0.05) is 13.5 Å². The van der Waals surface area contributed by atoms with E-state index in [9.17, 15) is 4.79 Å². The molecule has 2 radical (unpaired) electrons. The Balaban J connectivity index is -0.0000000483. The van der Waals surface area contributed by atoms with Crippen LogP contribution in [0.1, 0.15) is 6.92 Å². The minimum Gasteiger partial charge on any atom is -0.480 e. The molecule has 0 aromatic heterocycles. The van der Waals surface area contributed by atoms with E-state index in [2.05, 4.69) is 12.6 Å². The molecule has 0 rings (SSSR count). The monoisotopic (exact) mass is 238 g/mol. The minimum atomic E-state index is -2.61. The van der Waals surface area contributed by atoms with Crippen molar-refractivity contribution in [3.8, 4) is 0 Å². The van der Waals surface area contributed by atoms with Crippen LogP contribution < -0.4 is 0 Å². The van der Waals surface area contributed by atoms with Crippen LogP contribution in [-0.4, -0.2) is 35.1 Å². The highest BCUT2D eigenvalue weighted by Crippen LogP contribution is 1.88. The maximum Gasteiger partial charge on any atom is 0.316 e. The van der Waals surface area contributed by atoms with Gasteiger partial charge in [-0.05, 0) is 6.92 Å². The standard InChI is InChI=1S/C3H6O2S.H2O3S.H2O.S/c1-2(6)3(4)5;1-4(2)3;;/h2,6H,1H3,(H,4,5);(H2,1,2,3);1H2;. The first-order valence-corrected chi connectivity index (χ1v) is 3.66. The third kappa shape index (κ3) is 48.9. The third-order valence-electron chi connectivity index (χ3n) is 0.357. The van der Waals surface area contributed by atoms with Crippen molar-refractivity contribution in [1.29, 1.82) is 0 Å². The van der Waals surface area contributed by atoms with E-state index in [0.29, 0.717) is 0 Å². The Hall–Kier alpha value is 0.200. The van der Waals surface area contributed by atoms with Gasteiger partial charge in [-0.15, -0.1) is 0 Å². The van der Waals surface area contributed by atoms with E-state index < -0.39 is 22.6 Å². The second-order valence-corrected chi connectivity index (χ2v) is 2.48. The second-order valence-electron chi connectivity index (χ2n) is 1.24. The molecule has 0 aliphatic carbocycles. The fourth-order valence-electron chi connectivity index (χ4n) is 0. The van der Waals surface area contributed by atoms with Crippen molar-refractivity contribution in [2.45, 2.75) is 12.2 Å². The predicted molar refractivity (Wildman–Crippen MR) is 50.7 cm³/mol. The molecule has 5 N–H and O–H groups in total. The van der Waals surface area contributed by atoms with E-state index in [1.807, 2.05) is 0 Å². The van der Waals surface area contributed by atoms with Gasteiger partial charge in [0.15, 0.2) is 0 Å². The van der Waals surface area contributed by atoms with Gasteiger partial charge in [-0.25, -0.2) is 0 Å². The molecule has 76 valence electrons. The minimum absolute atomic E-state index is 0. The molecular formula is C3H10O6S3. The van der Waals surface area contributed by atoms with Gasteiger partial charge in [0.05, 0.1) is 5.25 Å². The fraction of sp³-hybridized carbons (Fsp3) is 0.667. The zero-order chi connectivity index (χ0) is 8.73. The Morgan fingerprint density at radius 3 is 1.58 bits per heavy atom. The summed E-state index contributed by atoms with van der Waals surface area (Å²) in [5.41, 5.74) is 0.